The number of rotatable bonds is 5. The Labute approximate surface area is 168 Å². The minimum atomic E-state index is -4.01. The first-order valence-corrected chi connectivity index (χ1v) is 10.7. The summed E-state index contributed by atoms with van der Waals surface area (Å²) in [6, 6.07) is 8.39. The number of nitrogens with zero attached hydrogens (tertiary/aromatic N) is 2. The van der Waals surface area contributed by atoms with Crippen LogP contribution >= 0.6 is 11.3 Å². The molecule has 0 aliphatic carbocycles. The molecule has 4 rings (SSSR count). The first kappa shape index (κ1) is 19.6. The van der Waals surface area contributed by atoms with E-state index in [2.05, 4.69) is 9.71 Å². The third-order valence-electron chi connectivity index (χ3n) is 4.42. The second-order valence-corrected chi connectivity index (χ2v) is 9.13. The predicted molar refractivity (Wildman–Crippen MR) is 104 cm³/mol. The Morgan fingerprint density at radius 3 is 2.45 bits per heavy atom. The van der Waals surface area contributed by atoms with Gasteiger partial charge in [-0.25, -0.2) is 31.3 Å². The lowest BCUT2D eigenvalue weighted by Crippen LogP contribution is -2.23. The quantitative estimate of drug-likeness (QED) is 0.507. The monoisotopic (exact) mass is 437 g/mol. The van der Waals surface area contributed by atoms with Gasteiger partial charge in [0.2, 0.25) is 10.0 Å². The van der Waals surface area contributed by atoms with E-state index in [1.807, 2.05) is 11.3 Å². The van der Waals surface area contributed by atoms with Gasteiger partial charge in [-0.15, -0.1) is 0 Å². The smallest absolute Gasteiger partial charge is 0.241 e. The molecule has 0 saturated heterocycles. The number of hydrogen-bond donors (Lipinski definition) is 1. The molecule has 0 saturated carbocycles. The van der Waals surface area contributed by atoms with E-state index in [0.717, 1.165) is 28.3 Å². The Kier molecular flexibility index (Phi) is 4.93. The zero-order chi connectivity index (χ0) is 20.8. The largest absolute Gasteiger partial charge is 0.294 e. The summed E-state index contributed by atoms with van der Waals surface area (Å²) in [6.45, 7) is 1.80. The van der Waals surface area contributed by atoms with Gasteiger partial charge in [0.05, 0.1) is 10.6 Å². The molecule has 0 fully saturated rings. The van der Waals surface area contributed by atoms with Crippen LogP contribution in [0.4, 0.5) is 13.2 Å². The molecule has 150 valence electrons. The van der Waals surface area contributed by atoms with E-state index in [1.54, 1.807) is 18.3 Å². The molecule has 0 aliphatic rings. The van der Waals surface area contributed by atoms with Crippen molar-refractivity contribution < 1.29 is 21.6 Å². The average molecular weight is 437 g/mol. The number of halogens is 3. The Morgan fingerprint density at radius 2 is 1.79 bits per heavy atom. The van der Waals surface area contributed by atoms with Crippen LogP contribution in [0.25, 0.3) is 16.2 Å². The lowest BCUT2D eigenvalue weighted by atomic mass is 10.2. The summed E-state index contributed by atoms with van der Waals surface area (Å²) in [6.07, 6.45) is 1.79. The topological polar surface area (TPSA) is 63.5 Å². The Hall–Kier alpha value is -2.69. The van der Waals surface area contributed by atoms with Crippen molar-refractivity contribution in [2.24, 2.45) is 0 Å². The maximum absolute atomic E-state index is 13.3. The van der Waals surface area contributed by atoms with Crippen LogP contribution in [0.15, 0.2) is 53.6 Å². The summed E-state index contributed by atoms with van der Waals surface area (Å²) < 4.78 is 68.4. The van der Waals surface area contributed by atoms with Crippen molar-refractivity contribution in [1.29, 1.82) is 0 Å². The van der Waals surface area contributed by atoms with Crippen LogP contribution in [0.2, 0.25) is 0 Å². The second kappa shape index (κ2) is 7.29. The van der Waals surface area contributed by atoms with E-state index < -0.39 is 21.7 Å². The van der Waals surface area contributed by atoms with Crippen molar-refractivity contribution >= 4 is 26.3 Å². The molecular weight excluding hydrogens is 423 g/mol. The molecule has 0 unspecified atom stereocenters. The fourth-order valence-corrected chi connectivity index (χ4v) is 4.95. The van der Waals surface area contributed by atoms with Crippen LogP contribution in [-0.4, -0.2) is 17.8 Å². The number of aryl methyl sites for hydroxylation is 1. The van der Waals surface area contributed by atoms with E-state index >= 15 is 0 Å². The van der Waals surface area contributed by atoms with Gasteiger partial charge in [0.1, 0.15) is 5.82 Å². The lowest BCUT2D eigenvalue weighted by molar-refractivity contribution is 0.504. The second-order valence-electron chi connectivity index (χ2n) is 6.30. The predicted octanol–water partition coefficient (Wildman–Crippen LogP) is 4.27. The normalized spacial score (nSPS) is 12.0. The maximum Gasteiger partial charge on any atom is 0.241 e. The van der Waals surface area contributed by atoms with Crippen molar-refractivity contribution in [3.63, 3.8) is 0 Å². The number of sulfonamides is 1. The van der Waals surface area contributed by atoms with E-state index in [-0.39, 0.29) is 17.3 Å². The minimum Gasteiger partial charge on any atom is -0.294 e. The van der Waals surface area contributed by atoms with Crippen molar-refractivity contribution in [3.05, 3.63) is 76.7 Å². The van der Waals surface area contributed by atoms with Gasteiger partial charge < -0.3 is 0 Å². The molecule has 4 aromatic rings. The number of hydrogen-bond acceptors (Lipinski definition) is 4. The van der Waals surface area contributed by atoms with Crippen LogP contribution in [-0.2, 0) is 16.6 Å². The molecule has 0 bridgehead atoms. The number of nitrogens with one attached hydrogen (secondary N) is 1. The van der Waals surface area contributed by atoms with Crippen molar-refractivity contribution in [3.8, 4) is 11.3 Å². The zero-order valence-electron chi connectivity index (χ0n) is 15.0. The standard InChI is InChI=1S/C19H14F3N3O2S2/c1-11-18(9-23-29(26,27)14-6-7-15(21)16(22)8-14)28-19-24-17(10-25(11)19)12-2-4-13(20)5-3-12/h2-8,10,23H,9H2,1H3. The fourth-order valence-electron chi connectivity index (χ4n) is 2.81. The van der Waals surface area contributed by atoms with Gasteiger partial charge in [-0.1, -0.05) is 11.3 Å². The third-order valence-corrected chi connectivity index (χ3v) is 6.97. The van der Waals surface area contributed by atoms with Crippen molar-refractivity contribution in [2.75, 3.05) is 0 Å². The number of imidazole rings is 1. The molecule has 5 nitrogen and oxygen atoms in total. The molecule has 0 spiro atoms. The molecule has 2 aromatic carbocycles. The molecule has 10 heteroatoms. The molecule has 29 heavy (non-hydrogen) atoms. The van der Waals surface area contributed by atoms with Gasteiger partial charge in [0.25, 0.3) is 0 Å². The van der Waals surface area contributed by atoms with Crippen LogP contribution in [0.1, 0.15) is 10.6 Å². The summed E-state index contributed by atoms with van der Waals surface area (Å²) in [5.74, 6) is -2.68. The summed E-state index contributed by atoms with van der Waals surface area (Å²) in [5, 5.41) is 0. The first-order valence-electron chi connectivity index (χ1n) is 8.42. The molecule has 2 heterocycles. The first-order chi connectivity index (χ1) is 13.7. The van der Waals surface area contributed by atoms with E-state index in [4.69, 9.17) is 0 Å². The lowest BCUT2D eigenvalue weighted by Gasteiger charge is -2.06. The highest BCUT2D eigenvalue weighted by Crippen LogP contribution is 2.27. The number of fused-ring (bicyclic) bond motifs is 1. The van der Waals surface area contributed by atoms with Crippen molar-refractivity contribution in [2.45, 2.75) is 18.4 Å². The van der Waals surface area contributed by atoms with E-state index in [1.165, 1.54) is 23.5 Å². The summed E-state index contributed by atoms with van der Waals surface area (Å²) in [4.78, 5) is 5.54. The molecule has 1 N–H and O–H groups in total. The van der Waals surface area contributed by atoms with Gasteiger partial charge in [-0.05, 0) is 49.4 Å². The van der Waals surface area contributed by atoms with Crippen LogP contribution in [0.5, 0.6) is 0 Å². The van der Waals surface area contributed by atoms with Gasteiger partial charge in [-0.2, -0.15) is 0 Å². The molecular formula is C19H14F3N3O2S2. The molecule has 0 radical (unpaired) electrons. The molecule has 2 aromatic heterocycles. The van der Waals surface area contributed by atoms with Gasteiger partial charge >= 0.3 is 0 Å². The van der Waals surface area contributed by atoms with Gasteiger partial charge in [-0.3, -0.25) is 4.40 Å². The average Bonchev–Trinajstić information content (AvgIpc) is 3.22. The minimum absolute atomic E-state index is 0.0208. The Morgan fingerprint density at radius 1 is 1.07 bits per heavy atom. The Balaban J connectivity index is 1.57. The summed E-state index contributed by atoms with van der Waals surface area (Å²) >= 11 is 1.30. The maximum atomic E-state index is 13.3. The third kappa shape index (κ3) is 3.78. The SMILES string of the molecule is Cc1c(CNS(=O)(=O)c2ccc(F)c(F)c2)sc2nc(-c3ccc(F)cc3)cn12. The van der Waals surface area contributed by atoms with Crippen LogP contribution in [0, 0.1) is 24.4 Å². The zero-order valence-corrected chi connectivity index (χ0v) is 16.6. The number of aromatic nitrogens is 2. The highest BCUT2D eigenvalue weighted by atomic mass is 32.2. The fraction of sp³-hybridized carbons (Fsp3) is 0.105. The van der Waals surface area contributed by atoms with Crippen LogP contribution < -0.4 is 4.72 Å². The van der Waals surface area contributed by atoms with Crippen LogP contribution in [0.3, 0.4) is 0 Å². The van der Waals surface area contributed by atoms with E-state index in [0.29, 0.717) is 16.7 Å². The van der Waals surface area contributed by atoms with Crippen molar-refractivity contribution in [1.82, 2.24) is 14.1 Å². The highest BCUT2D eigenvalue weighted by Gasteiger charge is 2.19. The highest BCUT2D eigenvalue weighted by molar-refractivity contribution is 7.89. The molecule has 0 atom stereocenters. The van der Waals surface area contributed by atoms with Gasteiger partial charge in [0.15, 0.2) is 16.6 Å². The molecule has 0 aliphatic heterocycles. The summed E-state index contributed by atoms with van der Waals surface area (Å²) in [7, 11) is -4.01. The van der Waals surface area contributed by atoms with Gasteiger partial charge in [0, 0.05) is 28.9 Å². The summed E-state index contributed by atoms with van der Waals surface area (Å²) in [5.41, 5.74) is 2.23. The Bertz CT molecular complexity index is 1310. The molecule has 0 amide bonds. The number of benzene rings is 2. The van der Waals surface area contributed by atoms with E-state index in [9.17, 15) is 21.6 Å². The number of thiazole rings is 1.